The third-order valence-corrected chi connectivity index (χ3v) is 4.48. The number of H-pyrrole nitrogens is 1. The van der Waals surface area contributed by atoms with E-state index in [0.29, 0.717) is 0 Å². The largest absolute Gasteiger partial charge is 0.337 e. The normalized spacial score (nSPS) is 11.1. The first kappa shape index (κ1) is 14.6. The molecule has 0 saturated heterocycles. The van der Waals surface area contributed by atoms with Crippen LogP contribution >= 0.6 is 0 Å². The van der Waals surface area contributed by atoms with Crippen LogP contribution in [0.1, 0.15) is 17.0 Å². The van der Waals surface area contributed by atoms with Crippen molar-refractivity contribution in [2.24, 2.45) is 0 Å². The molecule has 24 heavy (non-hydrogen) atoms. The summed E-state index contributed by atoms with van der Waals surface area (Å²) in [5, 5.41) is 0. The van der Waals surface area contributed by atoms with E-state index in [1.54, 1.807) is 0 Å². The van der Waals surface area contributed by atoms with Gasteiger partial charge in [0.05, 0.1) is 11.0 Å². The van der Waals surface area contributed by atoms with Crippen molar-refractivity contribution in [3.05, 3.63) is 83.9 Å². The highest BCUT2D eigenvalue weighted by Crippen LogP contribution is 2.18. The Morgan fingerprint density at radius 2 is 1.54 bits per heavy atom. The minimum Gasteiger partial charge on any atom is -0.337 e. The van der Waals surface area contributed by atoms with Crippen molar-refractivity contribution in [3.63, 3.8) is 0 Å². The summed E-state index contributed by atoms with van der Waals surface area (Å²) in [6.07, 6.45) is 4.21. The lowest BCUT2D eigenvalue weighted by Crippen LogP contribution is -2.33. The Labute approximate surface area is 141 Å². The molecule has 2 aromatic heterocycles. The number of rotatable bonds is 3. The lowest BCUT2D eigenvalue weighted by Gasteiger charge is -2.00. The van der Waals surface area contributed by atoms with Gasteiger partial charge in [0.25, 0.3) is 0 Å². The van der Waals surface area contributed by atoms with Gasteiger partial charge in [0.1, 0.15) is 0 Å². The smallest absolute Gasteiger partial charge is 0.205 e. The average molecular weight is 314 g/mol. The number of hydrogen-bond acceptors (Lipinski definition) is 1. The summed E-state index contributed by atoms with van der Waals surface area (Å²) < 4.78 is 2.14. The van der Waals surface area contributed by atoms with Crippen LogP contribution in [0, 0.1) is 13.8 Å². The van der Waals surface area contributed by atoms with Crippen molar-refractivity contribution < 1.29 is 4.57 Å². The Morgan fingerprint density at radius 3 is 2.29 bits per heavy atom. The van der Waals surface area contributed by atoms with E-state index < -0.39 is 0 Å². The molecule has 4 aromatic rings. The number of benzene rings is 2. The summed E-state index contributed by atoms with van der Waals surface area (Å²) in [6, 6.07) is 19.0. The van der Waals surface area contributed by atoms with Gasteiger partial charge < -0.3 is 4.98 Å². The fraction of sp³-hybridized carbons (Fsp3) is 0.143. The van der Waals surface area contributed by atoms with Crippen molar-refractivity contribution in [2.75, 3.05) is 0 Å². The summed E-state index contributed by atoms with van der Waals surface area (Å²) in [4.78, 5) is 8.14. The Kier molecular flexibility index (Phi) is 3.62. The van der Waals surface area contributed by atoms with Crippen LogP contribution in [-0.4, -0.2) is 9.97 Å². The fourth-order valence-electron chi connectivity index (χ4n) is 2.96. The van der Waals surface area contributed by atoms with Gasteiger partial charge in [0.15, 0.2) is 18.2 Å². The highest BCUT2D eigenvalue weighted by molar-refractivity contribution is 5.77. The summed E-state index contributed by atoms with van der Waals surface area (Å²) in [5.74, 6) is 0.979. The minimum atomic E-state index is 0.738. The number of nitrogens with zero attached hydrogens (tertiary/aromatic N) is 2. The molecule has 0 aliphatic heterocycles. The number of aryl methyl sites for hydroxylation is 2. The summed E-state index contributed by atoms with van der Waals surface area (Å²) in [7, 11) is 0. The van der Waals surface area contributed by atoms with Crippen molar-refractivity contribution in [2.45, 2.75) is 20.4 Å². The molecule has 1 N–H and O–H groups in total. The highest BCUT2D eigenvalue weighted by atomic mass is 15.0. The van der Waals surface area contributed by atoms with Gasteiger partial charge >= 0.3 is 0 Å². The molecule has 0 unspecified atom stereocenters. The van der Waals surface area contributed by atoms with Crippen LogP contribution in [0.15, 0.2) is 67.0 Å². The predicted molar refractivity (Wildman–Crippen MR) is 96.7 cm³/mol. The Hall–Kier alpha value is -2.94. The topological polar surface area (TPSA) is 32.6 Å². The molecule has 0 aliphatic carbocycles. The Morgan fingerprint density at radius 1 is 0.875 bits per heavy atom. The van der Waals surface area contributed by atoms with Crippen LogP contribution < -0.4 is 4.57 Å². The van der Waals surface area contributed by atoms with Crippen LogP contribution in [0.3, 0.4) is 0 Å². The van der Waals surface area contributed by atoms with E-state index in [1.807, 2.05) is 6.07 Å². The molecule has 0 spiro atoms. The van der Waals surface area contributed by atoms with E-state index in [1.165, 1.54) is 22.3 Å². The zero-order chi connectivity index (χ0) is 16.5. The Balaban J connectivity index is 1.59. The number of fused-ring (bicyclic) bond motifs is 1. The molecule has 0 amide bonds. The SMILES string of the molecule is Cc1cc2nc(C[n+]3ccc(-c4ccccc4)cc3)[nH]c2cc1C. The molecule has 0 radical (unpaired) electrons. The number of pyridine rings is 1. The van der Waals surface area contributed by atoms with Gasteiger partial charge in [-0.1, -0.05) is 30.3 Å². The van der Waals surface area contributed by atoms with Crippen LogP contribution in [0.5, 0.6) is 0 Å². The molecule has 0 bridgehead atoms. The van der Waals surface area contributed by atoms with Gasteiger partial charge in [-0.15, -0.1) is 0 Å². The standard InChI is InChI=1S/C21H20N3/c1-15-12-19-20(13-16(15)2)23-21(22-19)14-24-10-8-18(9-11-24)17-6-4-3-5-7-17/h3-13H,14H2,1-2H3,(H,22,23)/q+1. The molecule has 0 fully saturated rings. The van der Waals surface area contributed by atoms with E-state index in [9.17, 15) is 0 Å². The minimum absolute atomic E-state index is 0.738. The quantitative estimate of drug-likeness (QED) is 0.565. The van der Waals surface area contributed by atoms with Crippen LogP contribution in [-0.2, 0) is 6.54 Å². The first-order valence-corrected chi connectivity index (χ1v) is 8.19. The lowest BCUT2D eigenvalue weighted by atomic mass is 10.1. The highest BCUT2D eigenvalue weighted by Gasteiger charge is 2.09. The average Bonchev–Trinajstić information content (AvgIpc) is 2.98. The van der Waals surface area contributed by atoms with E-state index >= 15 is 0 Å². The van der Waals surface area contributed by atoms with E-state index in [-0.39, 0.29) is 0 Å². The molecule has 0 atom stereocenters. The number of imidazole rings is 1. The first-order chi connectivity index (χ1) is 11.7. The zero-order valence-electron chi connectivity index (χ0n) is 14.0. The maximum Gasteiger partial charge on any atom is 0.205 e. The number of aromatic nitrogens is 3. The zero-order valence-corrected chi connectivity index (χ0v) is 14.0. The van der Waals surface area contributed by atoms with Gasteiger partial charge in [-0.25, -0.2) is 4.98 Å². The molecule has 0 saturated carbocycles. The molecule has 0 aliphatic rings. The van der Waals surface area contributed by atoms with Gasteiger partial charge in [0, 0.05) is 12.1 Å². The van der Waals surface area contributed by atoms with Gasteiger partial charge in [0.2, 0.25) is 6.54 Å². The van der Waals surface area contributed by atoms with Crippen LogP contribution in [0.2, 0.25) is 0 Å². The molecule has 2 aromatic carbocycles. The van der Waals surface area contributed by atoms with Crippen LogP contribution in [0.4, 0.5) is 0 Å². The van der Waals surface area contributed by atoms with Crippen molar-refractivity contribution >= 4 is 11.0 Å². The Bertz CT molecular complexity index is 944. The van der Waals surface area contributed by atoms with Crippen molar-refractivity contribution in [3.8, 4) is 11.1 Å². The molecule has 3 heteroatoms. The maximum atomic E-state index is 4.71. The monoisotopic (exact) mass is 314 g/mol. The molecule has 4 rings (SSSR count). The molecular weight excluding hydrogens is 294 g/mol. The van der Waals surface area contributed by atoms with Gasteiger partial charge in [-0.05, 0) is 48.2 Å². The van der Waals surface area contributed by atoms with E-state index in [0.717, 1.165) is 23.4 Å². The number of nitrogens with one attached hydrogen (secondary N) is 1. The second-order valence-corrected chi connectivity index (χ2v) is 6.26. The predicted octanol–water partition coefficient (Wildman–Crippen LogP) is 4.18. The van der Waals surface area contributed by atoms with Gasteiger partial charge in [-0.2, -0.15) is 4.57 Å². The van der Waals surface area contributed by atoms with Gasteiger partial charge in [-0.3, -0.25) is 0 Å². The second-order valence-electron chi connectivity index (χ2n) is 6.26. The first-order valence-electron chi connectivity index (χ1n) is 8.19. The van der Waals surface area contributed by atoms with Crippen molar-refractivity contribution in [1.82, 2.24) is 9.97 Å². The fourth-order valence-corrected chi connectivity index (χ4v) is 2.96. The second kappa shape index (κ2) is 5.93. The third kappa shape index (κ3) is 2.81. The molecule has 3 nitrogen and oxygen atoms in total. The van der Waals surface area contributed by atoms with Crippen LogP contribution in [0.25, 0.3) is 22.2 Å². The summed E-state index contributed by atoms with van der Waals surface area (Å²) >= 11 is 0. The van der Waals surface area contributed by atoms with Crippen molar-refractivity contribution in [1.29, 1.82) is 0 Å². The maximum absolute atomic E-state index is 4.71. The van der Waals surface area contributed by atoms with E-state index in [2.05, 4.69) is 84.3 Å². The molecule has 118 valence electrons. The summed E-state index contributed by atoms with van der Waals surface area (Å²) in [6.45, 7) is 4.99. The summed E-state index contributed by atoms with van der Waals surface area (Å²) in [5.41, 5.74) is 7.17. The molecule has 2 heterocycles. The lowest BCUT2D eigenvalue weighted by molar-refractivity contribution is -0.689. The number of hydrogen-bond donors (Lipinski definition) is 1. The van der Waals surface area contributed by atoms with E-state index in [4.69, 9.17) is 4.98 Å². The molecular formula is C21H20N3+. The number of aromatic amines is 1. The third-order valence-electron chi connectivity index (χ3n) is 4.48.